The highest BCUT2D eigenvalue weighted by atomic mass is 16.5. The van der Waals surface area contributed by atoms with Crippen LogP contribution in [0.4, 0.5) is 0 Å². The highest BCUT2D eigenvalue weighted by Crippen LogP contribution is 2.27. The monoisotopic (exact) mass is 325 g/mol. The quantitative estimate of drug-likeness (QED) is 0.856. The van der Waals surface area contributed by atoms with Gasteiger partial charge in [0.15, 0.2) is 6.10 Å². The van der Waals surface area contributed by atoms with Crippen LogP contribution in [0.1, 0.15) is 54.9 Å². The van der Waals surface area contributed by atoms with Crippen LogP contribution in [0.15, 0.2) is 24.3 Å². The molecule has 1 atom stereocenters. The maximum atomic E-state index is 12.3. The van der Waals surface area contributed by atoms with Crippen LogP contribution in [-0.2, 0) is 9.53 Å². The summed E-state index contributed by atoms with van der Waals surface area (Å²) in [5.41, 5.74) is -0.315. The van der Waals surface area contributed by atoms with Crippen molar-refractivity contribution in [3.05, 3.63) is 35.4 Å². The molecule has 0 radical (unpaired) electrons. The fraction of sp³-hybridized carbons (Fsp3) is 0.444. The maximum absolute atomic E-state index is 12.3. The number of hydrogen-bond donors (Lipinski definition) is 1. The van der Waals surface area contributed by atoms with Crippen LogP contribution in [0.2, 0.25) is 0 Å². The molecule has 0 spiro atoms. The Morgan fingerprint density at radius 2 is 1.96 bits per heavy atom. The molecule has 1 fully saturated rings. The normalized spacial score (nSPS) is 17.0. The Morgan fingerprint density at radius 1 is 1.25 bits per heavy atom. The fourth-order valence-corrected chi connectivity index (χ4v) is 2.76. The largest absolute Gasteiger partial charge is 0.449 e. The van der Waals surface area contributed by atoms with E-state index in [0.29, 0.717) is 18.4 Å². The van der Waals surface area contributed by atoms with E-state index in [-0.39, 0.29) is 5.56 Å². The molecule has 6 heteroatoms. The highest BCUT2D eigenvalue weighted by Gasteiger charge is 2.35. The van der Waals surface area contributed by atoms with E-state index in [4.69, 9.17) is 10.00 Å². The molecule has 0 aliphatic heterocycles. The summed E-state index contributed by atoms with van der Waals surface area (Å²) in [6.07, 6.45) is 3.04. The number of benzene rings is 1. The summed E-state index contributed by atoms with van der Waals surface area (Å²) in [5, 5.41) is 21.0. The van der Waals surface area contributed by atoms with Crippen molar-refractivity contribution in [2.45, 2.75) is 50.7 Å². The summed E-state index contributed by atoms with van der Waals surface area (Å²) >= 11 is 0. The van der Waals surface area contributed by atoms with Gasteiger partial charge in [0.05, 0.1) is 23.3 Å². The van der Waals surface area contributed by atoms with E-state index in [9.17, 15) is 14.9 Å². The molecular weight excluding hydrogens is 306 g/mol. The van der Waals surface area contributed by atoms with Gasteiger partial charge in [-0.25, -0.2) is 4.79 Å². The predicted molar refractivity (Wildman–Crippen MR) is 85.6 cm³/mol. The molecule has 1 saturated carbocycles. The Hall–Kier alpha value is -2.86. The van der Waals surface area contributed by atoms with Crippen LogP contribution in [0, 0.1) is 22.7 Å². The number of esters is 1. The molecule has 0 aromatic heterocycles. The first-order chi connectivity index (χ1) is 11.5. The molecular formula is C18H19N3O3. The smallest absolute Gasteiger partial charge is 0.338 e. The third kappa shape index (κ3) is 4.11. The number of hydrogen-bond acceptors (Lipinski definition) is 5. The first-order valence-corrected chi connectivity index (χ1v) is 7.94. The van der Waals surface area contributed by atoms with Gasteiger partial charge in [-0.3, -0.25) is 4.79 Å². The molecule has 1 aromatic rings. The van der Waals surface area contributed by atoms with E-state index in [1.165, 1.54) is 19.1 Å². The Labute approximate surface area is 141 Å². The van der Waals surface area contributed by atoms with E-state index in [1.807, 2.05) is 6.07 Å². The molecule has 1 aliphatic rings. The van der Waals surface area contributed by atoms with Crippen LogP contribution in [0.25, 0.3) is 0 Å². The second-order valence-corrected chi connectivity index (χ2v) is 5.98. The van der Waals surface area contributed by atoms with Crippen molar-refractivity contribution in [3.8, 4) is 12.1 Å². The fourth-order valence-electron chi connectivity index (χ4n) is 2.76. The zero-order valence-corrected chi connectivity index (χ0v) is 13.5. The number of nitrogens with zero attached hydrogens (tertiary/aromatic N) is 2. The molecule has 1 aromatic carbocycles. The molecule has 0 bridgehead atoms. The first-order valence-electron chi connectivity index (χ1n) is 7.94. The van der Waals surface area contributed by atoms with Crippen molar-refractivity contribution in [2.24, 2.45) is 0 Å². The molecule has 1 amide bonds. The SMILES string of the molecule is C[C@H](OC(=O)c1cccc(C#N)c1)C(=O)NC1(C#N)CCCCC1. The van der Waals surface area contributed by atoms with E-state index in [1.54, 1.807) is 12.1 Å². The van der Waals surface area contributed by atoms with E-state index in [2.05, 4.69) is 11.4 Å². The topological polar surface area (TPSA) is 103 Å². The van der Waals surface area contributed by atoms with Crippen LogP contribution in [0.5, 0.6) is 0 Å². The summed E-state index contributed by atoms with van der Waals surface area (Å²) in [5.74, 6) is -1.16. The Morgan fingerprint density at radius 3 is 2.58 bits per heavy atom. The van der Waals surface area contributed by atoms with Crippen LogP contribution in [-0.4, -0.2) is 23.5 Å². The number of amides is 1. The number of nitriles is 2. The number of ether oxygens (including phenoxy) is 1. The number of carbonyl (C=O) groups excluding carboxylic acids is 2. The molecule has 0 heterocycles. The van der Waals surface area contributed by atoms with Crippen LogP contribution in [0.3, 0.4) is 0 Å². The lowest BCUT2D eigenvalue weighted by atomic mass is 9.83. The van der Waals surface area contributed by atoms with Crippen molar-refractivity contribution in [2.75, 3.05) is 0 Å². The molecule has 1 aliphatic carbocycles. The summed E-state index contributed by atoms with van der Waals surface area (Å²) in [7, 11) is 0. The third-order valence-corrected chi connectivity index (χ3v) is 4.16. The van der Waals surface area contributed by atoms with Gasteiger partial charge in [0.25, 0.3) is 5.91 Å². The van der Waals surface area contributed by atoms with Gasteiger partial charge in [0, 0.05) is 0 Å². The highest BCUT2D eigenvalue weighted by molar-refractivity contribution is 5.92. The van der Waals surface area contributed by atoms with Gasteiger partial charge >= 0.3 is 5.97 Å². The molecule has 24 heavy (non-hydrogen) atoms. The predicted octanol–water partition coefficient (Wildman–Crippen LogP) is 2.45. The van der Waals surface area contributed by atoms with Gasteiger partial charge in [-0.2, -0.15) is 10.5 Å². The van der Waals surface area contributed by atoms with Crippen molar-refractivity contribution < 1.29 is 14.3 Å². The van der Waals surface area contributed by atoms with Crippen molar-refractivity contribution >= 4 is 11.9 Å². The van der Waals surface area contributed by atoms with Gasteiger partial charge in [-0.05, 0) is 38.0 Å². The zero-order valence-electron chi connectivity index (χ0n) is 13.5. The lowest BCUT2D eigenvalue weighted by molar-refractivity contribution is -0.130. The lowest BCUT2D eigenvalue weighted by Gasteiger charge is -2.32. The molecule has 1 N–H and O–H groups in total. The molecule has 6 nitrogen and oxygen atoms in total. The van der Waals surface area contributed by atoms with Gasteiger partial charge in [0.1, 0.15) is 5.54 Å². The van der Waals surface area contributed by atoms with Crippen LogP contribution < -0.4 is 5.32 Å². The average Bonchev–Trinajstić information content (AvgIpc) is 2.62. The third-order valence-electron chi connectivity index (χ3n) is 4.16. The van der Waals surface area contributed by atoms with E-state index >= 15 is 0 Å². The Balaban J connectivity index is 1.99. The van der Waals surface area contributed by atoms with Gasteiger partial charge < -0.3 is 10.1 Å². The molecule has 124 valence electrons. The van der Waals surface area contributed by atoms with Crippen molar-refractivity contribution in [3.63, 3.8) is 0 Å². The van der Waals surface area contributed by atoms with E-state index in [0.717, 1.165) is 19.3 Å². The van der Waals surface area contributed by atoms with Gasteiger partial charge in [-0.15, -0.1) is 0 Å². The second kappa shape index (κ2) is 7.61. The summed E-state index contributed by atoms with van der Waals surface area (Å²) in [4.78, 5) is 24.4. The minimum absolute atomic E-state index is 0.210. The minimum atomic E-state index is -1.02. The lowest BCUT2D eigenvalue weighted by Crippen LogP contribution is -2.52. The number of rotatable bonds is 4. The Bertz CT molecular complexity index is 709. The maximum Gasteiger partial charge on any atom is 0.338 e. The summed E-state index contributed by atoms with van der Waals surface area (Å²) < 4.78 is 5.16. The summed E-state index contributed by atoms with van der Waals surface area (Å²) in [6.45, 7) is 1.47. The molecule has 0 unspecified atom stereocenters. The zero-order chi connectivity index (χ0) is 17.6. The number of nitrogens with one attached hydrogen (secondary N) is 1. The second-order valence-electron chi connectivity index (χ2n) is 5.98. The van der Waals surface area contributed by atoms with E-state index < -0.39 is 23.5 Å². The Kier molecular flexibility index (Phi) is 5.55. The average molecular weight is 325 g/mol. The van der Waals surface area contributed by atoms with Crippen molar-refractivity contribution in [1.82, 2.24) is 5.32 Å². The summed E-state index contributed by atoms with van der Waals surface area (Å²) in [6, 6.07) is 10.2. The minimum Gasteiger partial charge on any atom is -0.449 e. The molecule has 2 rings (SSSR count). The van der Waals surface area contributed by atoms with Gasteiger partial charge in [-0.1, -0.05) is 25.3 Å². The standard InChI is InChI=1S/C18H19N3O3/c1-13(16(22)21-18(12-20)8-3-2-4-9-18)24-17(23)15-7-5-6-14(10-15)11-19/h5-7,10,13H,2-4,8-9H2,1H3,(H,21,22)/t13-/m0/s1. The van der Waals surface area contributed by atoms with Gasteiger partial charge in [0.2, 0.25) is 0 Å². The first kappa shape index (κ1) is 17.5. The molecule has 0 saturated heterocycles. The van der Waals surface area contributed by atoms with Crippen LogP contribution >= 0.6 is 0 Å². The number of carbonyl (C=O) groups is 2. The van der Waals surface area contributed by atoms with Crippen molar-refractivity contribution in [1.29, 1.82) is 10.5 Å².